The average Bonchev–Trinajstić information content (AvgIpc) is 2.66. The highest BCUT2D eigenvalue weighted by atomic mass is 16.5. The van der Waals surface area contributed by atoms with Gasteiger partial charge in [0.25, 0.3) is 5.91 Å². The van der Waals surface area contributed by atoms with Gasteiger partial charge in [0.05, 0.1) is 11.6 Å². The van der Waals surface area contributed by atoms with Gasteiger partial charge in [0, 0.05) is 26.1 Å². The van der Waals surface area contributed by atoms with Gasteiger partial charge in [0.15, 0.2) is 6.10 Å². The molecule has 1 N–H and O–H groups in total. The lowest BCUT2D eigenvalue weighted by Crippen LogP contribution is -2.48. The van der Waals surface area contributed by atoms with Crippen molar-refractivity contribution in [1.82, 2.24) is 4.90 Å². The highest BCUT2D eigenvalue weighted by Crippen LogP contribution is 2.34. The molecule has 0 saturated carbocycles. The number of fused-ring (bicyclic) bond motifs is 1. The smallest absolute Gasteiger partial charge is 0.308 e. The predicted octanol–water partition coefficient (Wildman–Crippen LogP) is 1.90. The van der Waals surface area contributed by atoms with Crippen LogP contribution in [0.25, 0.3) is 0 Å². The molecule has 2 heterocycles. The van der Waals surface area contributed by atoms with E-state index in [1.807, 2.05) is 31.2 Å². The molecule has 2 unspecified atom stereocenters. The van der Waals surface area contributed by atoms with E-state index in [0.717, 1.165) is 0 Å². The van der Waals surface area contributed by atoms with Crippen LogP contribution in [-0.4, -0.2) is 53.5 Å². The highest BCUT2D eigenvalue weighted by molar-refractivity contribution is 6.00. The second-order valence-electron chi connectivity index (χ2n) is 6.74. The van der Waals surface area contributed by atoms with E-state index in [1.165, 1.54) is 0 Å². The van der Waals surface area contributed by atoms with Crippen LogP contribution in [-0.2, 0) is 14.4 Å². The van der Waals surface area contributed by atoms with Crippen LogP contribution >= 0.6 is 0 Å². The number of aliphatic carboxylic acids is 1. The second-order valence-corrected chi connectivity index (χ2v) is 6.74. The lowest BCUT2D eigenvalue weighted by Gasteiger charge is -2.35. The number of piperidine rings is 1. The van der Waals surface area contributed by atoms with Crippen LogP contribution in [0.1, 0.15) is 32.6 Å². The van der Waals surface area contributed by atoms with Crippen molar-refractivity contribution in [1.29, 1.82) is 0 Å². The van der Waals surface area contributed by atoms with Crippen molar-refractivity contribution in [3.8, 4) is 5.75 Å². The summed E-state index contributed by atoms with van der Waals surface area (Å²) in [6, 6.07) is 7.31. The van der Waals surface area contributed by atoms with Crippen molar-refractivity contribution in [2.45, 2.75) is 38.7 Å². The van der Waals surface area contributed by atoms with E-state index in [4.69, 9.17) is 9.84 Å². The van der Waals surface area contributed by atoms with Gasteiger partial charge in [0.1, 0.15) is 5.75 Å². The molecule has 7 nitrogen and oxygen atoms in total. The summed E-state index contributed by atoms with van der Waals surface area (Å²) in [5, 5.41) is 9.17. The van der Waals surface area contributed by atoms with Crippen molar-refractivity contribution in [3.05, 3.63) is 24.3 Å². The lowest BCUT2D eigenvalue weighted by molar-refractivity contribution is -0.145. The second kappa shape index (κ2) is 7.76. The number of nitrogens with zero attached hydrogens (tertiary/aromatic N) is 2. The Labute approximate surface area is 152 Å². The van der Waals surface area contributed by atoms with Crippen LogP contribution in [0.2, 0.25) is 0 Å². The van der Waals surface area contributed by atoms with Gasteiger partial charge in [-0.25, -0.2) is 0 Å². The SMILES string of the molecule is CCC1Oc2ccccc2N(CCC(=O)N2CCCC(C(=O)O)C2)C1=O. The molecule has 1 aromatic rings. The third-order valence-corrected chi connectivity index (χ3v) is 5.01. The number of ether oxygens (including phenoxy) is 1. The highest BCUT2D eigenvalue weighted by Gasteiger charge is 2.34. The van der Waals surface area contributed by atoms with E-state index in [1.54, 1.807) is 9.80 Å². The zero-order valence-corrected chi connectivity index (χ0v) is 14.9. The molecule has 7 heteroatoms. The van der Waals surface area contributed by atoms with Crippen molar-refractivity contribution >= 4 is 23.5 Å². The van der Waals surface area contributed by atoms with Crippen LogP contribution in [0.5, 0.6) is 5.75 Å². The average molecular weight is 360 g/mol. The molecule has 0 bridgehead atoms. The summed E-state index contributed by atoms with van der Waals surface area (Å²) in [5.74, 6) is -0.953. The molecule has 0 spiro atoms. The van der Waals surface area contributed by atoms with Crippen molar-refractivity contribution < 1.29 is 24.2 Å². The third-order valence-electron chi connectivity index (χ3n) is 5.01. The van der Waals surface area contributed by atoms with E-state index in [0.29, 0.717) is 37.2 Å². The monoisotopic (exact) mass is 360 g/mol. The van der Waals surface area contributed by atoms with E-state index in [2.05, 4.69) is 0 Å². The topological polar surface area (TPSA) is 87.2 Å². The Hall–Kier alpha value is -2.57. The number of hydrogen-bond acceptors (Lipinski definition) is 4. The molecule has 0 radical (unpaired) electrons. The maximum Gasteiger partial charge on any atom is 0.308 e. The predicted molar refractivity (Wildman–Crippen MR) is 95.1 cm³/mol. The number of hydrogen-bond donors (Lipinski definition) is 1. The van der Waals surface area contributed by atoms with Gasteiger partial charge in [0.2, 0.25) is 5.91 Å². The number of amides is 2. The van der Waals surface area contributed by atoms with Crippen LogP contribution in [0.4, 0.5) is 5.69 Å². The number of carbonyl (C=O) groups is 3. The van der Waals surface area contributed by atoms with E-state index in [9.17, 15) is 14.4 Å². The number of para-hydroxylation sites is 2. The fraction of sp³-hybridized carbons (Fsp3) is 0.526. The summed E-state index contributed by atoms with van der Waals surface area (Å²) >= 11 is 0. The summed E-state index contributed by atoms with van der Waals surface area (Å²) in [6.07, 6.45) is 1.49. The summed E-state index contributed by atoms with van der Waals surface area (Å²) in [5.41, 5.74) is 0.678. The summed E-state index contributed by atoms with van der Waals surface area (Å²) in [4.78, 5) is 39.6. The molecule has 0 aliphatic carbocycles. The fourth-order valence-electron chi connectivity index (χ4n) is 3.54. The Bertz CT molecular complexity index is 705. The van der Waals surface area contributed by atoms with Gasteiger partial charge < -0.3 is 19.6 Å². The minimum atomic E-state index is -0.856. The summed E-state index contributed by atoms with van der Waals surface area (Å²) < 4.78 is 5.74. The zero-order chi connectivity index (χ0) is 18.7. The first-order chi connectivity index (χ1) is 12.5. The Morgan fingerprint density at radius 1 is 1.31 bits per heavy atom. The van der Waals surface area contributed by atoms with E-state index >= 15 is 0 Å². The number of rotatable bonds is 5. The van der Waals surface area contributed by atoms with Gasteiger partial charge in [-0.15, -0.1) is 0 Å². The van der Waals surface area contributed by atoms with Crippen LogP contribution in [0, 0.1) is 5.92 Å². The Morgan fingerprint density at radius 2 is 2.08 bits per heavy atom. The largest absolute Gasteiger partial charge is 0.481 e. The summed E-state index contributed by atoms with van der Waals surface area (Å²) in [7, 11) is 0. The first-order valence-corrected chi connectivity index (χ1v) is 9.09. The van der Waals surface area contributed by atoms with Crippen LogP contribution in [0.3, 0.4) is 0 Å². The molecule has 1 aromatic carbocycles. The van der Waals surface area contributed by atoms with Gasteiger partial charge in [-0.3, -0.25) is 14.4 Å². The fourth-order valence-corrected chi connectivity index (χ4v) is 3.54. The Kier molecular flexibility index (Phi) is 5.44. The quantitative estimate of drug-likeness (QED) is 0.867. The van der Waals surface area contributed by atoms with Gasteiger partial charge >= 0.3 is 5.97 Å². The molecule has 26 heavy (non-hydrogen) atoms. The normalized spacial score (nSPS) is 22.6. The zero-order valence-electron chi connectivity index (χ0n) is 14.9. The lowest BCUT2D eigenvalue weighted by atomic mass is 9.98. The van der Waals surface area contributed by atoms with Gasteiger partial charge in [-0.05, 0) is 31.4 Å². The van der Waals surface area contributed by atoms with Gasteiger partial charge in [-0.2, -0.15) is 0 Å². The molecule has 2 aliphatic heterocycles. The first kappa shape index (κ1) is 18.2. The molecule has 1 fully saturated rings. The molecule has 2 atom stereocenters. The summed E-state index contributed by atoms with van der Waals surface area (Å²) in [6.45, 7) is 2.98. The van der Waals surface area contributed by atoms with Crippen molar-refractivity contribution in [2.75, 3.05) is 24.5 Å². The van der Waals surface area contributed by atoms with Crippen molar-refractivity contribution in [3.63, 3.8) is 0 Å². The number of anilines is 1. The molecule has 0 aromatic heterocycles. The maximum atomic E-state index is 12.6. The first-order valence-electron chi connectivity index (χ1n) is 9.09. The maximum absolute atomic E-state index is 12.6. The van der Waals surface area contributed by atoms with E-state index in [-0.39, 0.29) is 31.3 Å². The molecule has 3 rings (SSSR count). The van der Waals surface area contributed by atoms with Crippen molar-refractivity contribution in [2.24, 2.45) is 5.92 Å². The standard InChI is InChI=1S/C19H24N2O5/c1-2-15-18(23)21(14-7-3-4-8-16(14)26-15)11-9-17(22)20-10-5-6-13(12-20)19(24)25/h3-4,7-8,13,15H,2,5-6,9-12H2,1H3,(H,24,25). The molecule has 1 saturated heterocycles. The minimum absolute atomic E-state index is 0.110. The number of carboxylic acids is 1. The molecule has 2 aliphatic rings. The molecule has 140 valence electrons. The Balaban J connectivity index is 1.67. The van der Waals surface area contributed by atoms with Crippen LogP contribution < -0.4 is 9.64 Å². The van der Waals surface area contributed by atoms with Crippen LogP contribution in [0.15, 0.2) is 24.3 Å². The minimum Gasteiger partial charge on any atom is -0.481 e. The number of carboxylic acid groups (broad SMARTS) is 1. The van der Waals surface area contributed by atoms with E-state index < -0.39 is 18.0 Å². The number of likely N-dealkylation sites (tertiary alicyclic amines) is 1. The molecular formula is C19H24N2O5. The number of carbonyl (C=O) groups excluding carboxylic acids is 2. The van der Waals surface area contributed by atoms with Gasteiger partial charge in [-0.1, -0.05) is 19.1 Å². The molecule has 2 amide bonds. The number of benzene rings is 1. The third kappa shape index (κ3) is 3.66. The Morgan fingerprint density at radius 3 is 2.81 bits per heavy atom. The molecular weight excluding hydrogens is 336 g/mol.